The third-order valence-corrected chi connectivity index (χ3v) is 3.70. The molecule has 1 aliphatic heterocycles. The highest BCUT2D eigenvalue weighted by molar-refractivity contribution is 6.05. The molecule has 0 radical (unpaired) electrons. The first-order valence-corrected chi connectivity index (χ1v) is 5.90. The van der Waals surface area contributed by atoms with Crippen LogP contribution in [0.1, 0.15) is 39.0 Å². The topological polar surface area (TPSA) is 61.2 Å². The zero-order valence-electron chi connectivity index (χ0n) is 9.48. The number of hydrogen-bond acceptors (Lipinski definition) is 3. The Kier molecular flexibility index (Phi) is 2.95. The maximum absolute atomic E-state index is 12.1. The average Bonchev–Trinajstić information content (AvgIpc) is 2.53. The molecule has 1 heterocycles. The van der Waals surface area contributed by atoms with Crippen LogP contribution >= 0.6 is 0 Å². The molecule has 1 saturated heterocycles. The molecule has 2 aliphatic rings. The zero-order chi connectivity index (χ0) is 11.7. The van der Waals surface area contributed by atoms with Crippen LogP contribution in [0.3, 0.4) is 0 Å². The summed E-state index contributed by atoms with van der Waals surface area (Å²) in [5, 5.41) is 8.63. The van der Waals surface area contributed by atoms with Crippen LogP contribution in [-0.2, 0) is 9.59 Å². The minimum absolute atomic E-state index is 0.0440. The van der Waals surface area contributed by atoms with E-state index >= 15 is 0 Å². The first kappa shape index (κ1) is 11.1. The molecule has 1 saturated carbocycles. The van der Waals surface area contributed by atoms with Crippen molar-refractivity contribution in [3.05, 3.63) is 0 Å². The second-order valence-corrected chi connectivity index (χ2v) is 4.76. The number of amides is 2. The van der Waals surface area contributed by atoms with E-state index in [1.807, 2.05) is 6.07 Å². The monoisotopic (exact) mass is 220 g/mol. The highest BCUT2D eigenvalue weighted by atomic mass is 16.2. The quantitative estimate of drug-likeness (QED) is 0.662. The van der Waals surface area contributed by atoms with Gasteiger partial charge in [0.1, 0.15) is 0 Å². The normalized spacial score (nSPS) is 31.1. The Labute approximate surface area is 95.2 Å². The van der Waals surface area contributed by atoms with Crippen molar-refractivity contribution in [3.63, 3.8) is 0 Å². The van der Waals surface area contributed by atoms with Gasteiger partial charge in [0.2, 0.25) is 11.8 Å². The molecule has 4 nitrogen and oxygen atoms in total. The van der Waals surface area contributed by atoms with Crippen LogP contribution in [0, 0.1) is 23.2 Å². The van der Waals surface area contributed by atoms with Crippen molar-refractivity contribution in [1.29, 1.82) is 5.26 Å². The van der Waals surface area contributed by atoms with Gasteiger partial charge in [-0.3, -0.25) is 14.5 Å². The largest absolute Gasteiger partial charge is 0.278 e. The predicted octanol–water partition coefficient (Wildman–Crippen LogP) is 1.46. The third kappa shape index (κ3) is 1.60. The van der Waals surface area contributed by atoms with E-state index < -0.39 is 0 Å². The van der Waals surface area contributed by atoms with Crippen molar-refractivity contribution in [3.8, 4) is 6.07 Å². The molecule has 4 heteroatoms. The van der Waals surface area contributed by atoms with Crippen molar-refractivity contribution in [1.82, 2.24) is 4.90 Å². The average molecular weight is 220 g/mol. The van der Waals surface area contributed by atoms with Gasteiger partial charge in [-0.15, -0.1) is 0 Å². The van der Waals surface area contributed by atoms with Gasteiger partial charge in [0.25, 0.3) is 0 Å². The Morgan fingerprint density at radius 3 is 2.25 bits per heavy atom. The zero-order valence-corrected chi connectivity index (χ0v) is 9.48. The van der Waals surface area contributed by atoms with Crippen molar-refractivity contribution in [2.75, 3.05) is 0 Å². The van der Waals surface area contributed by atoms with Crippen LogP contribution in [0.25, 0.3) is 0 Å². The van der Waals surface area contributed by atoms with E-state index in [0.717, 1.165) is 25.7 Å². The van der Waals surface area contributed by atoms with Crippen LogP contribution in [0.4, 0.5) is 0 Å². The van der Waals surface area contributed by atoms with Gasteiger partial charge >= 0.3 is 0 Å². The van der Waals surface area contributed by atoms with Gasteiger partial charge in [-0.25, -0.2) is 0 Å². The minimum atomic E-state index is -0.268. The van der Waals surface area contributed by atoms with Gasteiger partial charge < -0.3 is 0 Å². The standard InChI is InChI=1S/C12H16N2O2/c1-8(6-7-13)14-11(15)9-4-2-3-5-10(9)12(14)16/h8-10H,2-6H2,1H3. The molecular weight excluding hydrogens is 204 g/mol. The van der Waals surface area contributed by atoms with E-state index in [-0.39, 0.29) is 36.1 Å². The van der Waals surface area contributed by atoms with E-state index in [9.17, 15) is 9.59 Å². The Morgan fingerprint density at radius 1 is 1.31 bits per heavy atom. The Morgan fingerprint density at radius 2 is 1.81 bits per heavy atom. The molecule has 3 atom stereocenters. The highest BCUT2D eigenvalue weighted by Crippen LogP contribution is 2.38. The molecule has 2 rings (SSSR count). The van der Waals surface area contributed by atoms with Gasteiger partial charge in [-0.05, 0) is 19.8 Å². The summed E-state index contributed by atoms with van der Waals surface area (Å²) >= 11 is 0. The van der Waals surface area contributed by atoms with E-state index in [1.54, 1.807) is 6.92 Å². The van der Waals surface area contributed by atoms with Gasteiger partial charge in [0.05, 0.1) is 24.3 Å². The summed E-state index contributed by atoms with van der Waals surface area (Å²) in [6.07, 6.45) is 3.99. The second kappa shape index (κ2) is 4.25. The van der Waals surface area contributed by atoms with Crippen molar-refractivity contribution < 1.29 is 9.59 Å². The molecule has 0 N–H and O–H groups in total. The van der Waals surface area contributed by atoms with Gasteiger partial charge in [-0.1, -0.05) is 12.8 Å². The van der Waals surface area contributed by atoms with Crippen LogP contribution < -0.4 is 0 Å². The molecule has 0 bridgehead atoms. The molecule has 2 fully saturated rings. The fourth-order valence-corrected chi connectivity index (χ4v) is 2.85. The molecule has 2 amide bonds. The Hall–Kier alpha value is -1.37. The summed E-state index contributed by atoms with van der Waals surface area (Å²) < 4.78 is 0. The van der Waals surface area contributed by atoms with Crippen LogP contribution in [0.2, 0.25) is 0 Å². The predicted molar refractivity (Wildman–Crippen MR) is 57.0 cm³/mol. The number of carbonyl (C=O) groups is 2. The summed E-state index contributed by atoms with van der Waals surface area (Å²) in [5.74, 6) is -0.278. The first-order chi connectivity index (χ1) is 7.66. The molecule has 86 valence electrons. The lowest BCUT2D eigenvalue weighted by Gasteiger charge is -2.20. The molecule has 16 heavy (non-hydrogen) atoms. The van der Waals surface area contributed by atoms with Crippen molar-refractivity contribution in [2.24, 2.45) is 11.8 Å². The Bertz CT molecular complexity index is 335. The first-order valence-electron chi connectivity index (χ1n) is 5.90. The molecular formula is C12H16N2O2. The third-order valence-electron chi connectivity index (χ3n) is 3.70. The highest BCUT2D eigenvalue weighted by Gasteiger charge is 2.49. The fourth-order valence-electron chi connectivity index (χ4n) is 2.85. The van der Waals surface area contributed by atoms with Gasteiger partial charge in [0, 0.05) is 6.04 Å². The lowest BCUT2D eigenvalue weighted by atomic mass is 9.81. The van der Waals surface area contributed by atoms with E-state index in [4.69, 9.17) is 5.26 Å². The molecule has 0 aromatic rings. The molecule has 3 unspecified atom stereocenters. The summed E-state index contributed by atoms with van der Waals surface area (Å²) in [7, 11) is 0. The molecule has 0 aromatic heterocycles. The smallest absolute Gasteiger partial charge is 0.233 e. The number of nitriles is 1. The van der Waals surface area contributed by atoms with E-state index in [0.29, 0.717) is 0 Å². The number of fused-ring (bicyclic) bond motifs is 1. The summed E-state index contributed by atoms with van der Waals surface area (Å²) in [6, 6.07) is 1.75. The Balaban J connectivity index is 2.19. The van der Waals surface area contributed by atoms with Crippen LogP contribution in [0.5, 0.6) is 0 Å². The van der Waals surface area contributed by atoms with Crippen LogP contribution in [0.15, 0.2) is 0 Å². The molecule has 1 aliphatic carbocycles. The lowest BCUT2D eigenvalue weighted by molar-refractivity contribution is -0.142. The fraction of sp³-hybridized carbons (Fsp3) is 0.750. The minimum Gasteiger partial charge on any atom is -0.278 e. The maximum Gasteiger partial charge on any atom is 0.233 e. The van der Waals surface area contributed by atoms with E-state index in [2.05, 4.69) is 0 Å². The summed E-state index contributed by atoms with van der Waals surface area (Å²) in [5.41, 5.74) is 0. The number of imide groups is 1. The summed E-state index contributed by atoms with van der Waals surface area (Å²) in [6.45, 7) is 1.77. The summed E-state index contributed by atoms with van der Waals surface area (Å²) in [4.78, 5) is 25.5. The van der Waals surface area contributed by atoms with Crippen molar-refractivity contribution in [2.45, 2.75) is 45.1 Å². The van der Waals surface area contributed by atoms with Crippen molar-refractivity contribution >= 4 is 11.8 Å². The number of rotatable bonds is 2. The molecule has 0 aromatic carbocycles. The van der Waals surface area contributed by atoms with E-state index in [1.165, 1.54) is 4.90 Å². The lowest BCUT2D eigenvalue weighted by Crippen LogP contribution is -2.38. The number of carbonyl (C=O) groups excluding carboxylic acids is 2. The van der Waals surface area contributed by atoms with Gasteiger partial charge in [-0.2, -0.15) is 5.26 Å². The second-order valence-electron chi connectivity index (χ2n) is 4.76. The maximum atomic E-state index is 12.1. The number of likely N-dealkylation sites (tertiary alicyclic amines) is 1. The van der Waals surface area contributed by atoms with Crippen LogP contribution in [-0.4, -0.2) is 22.8 Å². The SMILES string of the molecule is CC(CC#N)N1C(=O)C2CCCCC2C1=O. The number of hydrogen-bond donors (Lipinski definition) is 0. The van der Waals surface area contributed by atoms with Gasteiger partial charge in [0.15, 0.2) is 0 Å². The number of nitrogens with zero attached hydrogens (tertiary/aromatic N) is 2. The molecule has 0 spiro atoms.